The summed E-state index contributed by atoms with van der Waals surface area (Å²) < 4.78 is 26.8. The zero-order chi connectivity index (χ0) is 29.4. The number of hydrogen-bond acceptors (Lipinski definition) is 7. The number of anilines is 1. The number of thioether (sulfide) groups is 1. The number of nitrogens with one attached hydrogen (secondary N) is 1. The molecule has 0 spiro atoms. The van der Waals surface area contributed by atoms with Gasteiger partial charge in [-0.1, -0.05) is 32.9 Å². The fourth-order valence-corrected chi connectivity index (χ4v) is 6.25. The predicted octanol–water partition coefficient (Wildman–Crippen LogP) is 4.92. The van der Waals surface area contributed by atoms with Gasteiger partial charge in [-0.15, -0.1) is 11.8 Å². The molecular weight excluding hydrogens is 557 g/mol. The average Bonchev–Trinajstić information content (AvgIpc) is 3.58. The molecule has 0 saturated heterocycles. The number of benzene rings is 2. The molecule has 1 N–H and O–H groups in total. The van der Waals surface area contributed by atoms with Gasteiger partial charge in [-0.2, -0.15) is 5.10 Å². The smallest absolute Gasteiger partial charge is 0.240 e. The normalized spacial score (nSPS) is 16.2. The molecule has 0 fully saturated rings. The van der Waals surface area contributed by atoms with Crippen LogP contribution in [0.3, 0.4) is 0 Å². The van der Waals surface area contributed by atoms with Gasteiger partial charge in [0.25, 0.3) is 0 Å². The van der Waals surface area contributed by atoms with Gasteiger partial charge in [-0.3, -0.25) is 19.5 Å². The average molecular weight is 588 g/mol. The molecule has 2 aromatic heterocycles. The Morgan fingerprint density at radius 1 is 1.10 bits per heavy atom. The largest absolute Gasteiger partial charge is 0.454 e. The molecule has 4 aromatic rings. The minimum Gasteiger partial charge on any atom is -0.454 e. The van der Waals surface area contributed by atoms with E-state index in [-0.39, 0.29) is 48.5 Å². The third-order valence-electron chi connectivity index (χ3n) is 7.06. The molecule has 2 aliphatic heterocycles. The summed E-state index contributed by atoms with van der Waals surface area (Å²) in [4.78, 5) is 32.8. The first kappa shape index (κ1) is 27.8. The molecule has 6 rings (SSSR count). The Morgan fingerprint density at radius 2 is 1.88 bits per heavy atom. The summed E-state index contributed by atoms with van der Waals surface area (Å²) >= 11 is 1.47. The first-order valence-corrected chi connectivity index (χ1v) is 14.6. The minimum absolute atomic E-state index is 0.133. The third-order valence-corrected chi connectivity index (χ3v) is 8.32. The number of amides is 2. The molecule has 1 atom stereocenters. The molecular formula is C31H30FN5O4S. The van der Waals surface area contributed by atoms with Crippen molar-refractivity contribution in [3.63, 3.8) is 0 Å². The highest BCUT2D eigenvalue weighted by atomic mass is 32.2. The highest BCUT2D eigenvalue weighted by Crippen LogP contribution is 2.49. The van der Waals surface area contributed by atoms with E-state index in [1.54, 1.807) is 29.1 Å². The lowest BCUT2D eigenvalue weighted by molar-refractivity contribution is -0.123. The zero-order valence-electron chi connectivity index (χ0n) is 23.5. The third kappa shape index (κ3) is 5.44. The van der Waals surface area contributed by atoms with Gasteiger partial charge in [0.05, 0.1) is 34.6 Å². The maximum Gasteiger partial charge on any atom is 0.240 e. The number of carbonyl (C=O) groups excluding carboxylic acids is 2. The second-order valence-electron chi connectivity index (χ2n) is 11.1. The van der Waals surface area contributed by atoms with Gasteiger partial charge in [-0.05, 0) is 54.1 Å². The molecule has 2 aliphatic rings. The van der Waals surface area contributed by atoms with Crippen LogP contribution in [-0.4, -0.2) is 45.7 Å². The van der Waals surface area contributed by atoms with Crippen LogP contribution in [0.1, 0.15) is 48.5 Å². The number of pyridine rings is 1. The Bertz CT molecular complexity index is 1640. The second kappa shape index (κ2) is 11.1. The van der Waals surface area contributed by atoms with Crippen LogP contribution in [0.2, 0.25) is 0 Å². The van der Waals surface area contributed by atoms with Gasteiger partial charge in [0, 0.05) is 17.2 Å². The monoisotopic (exact) mass is 587 g/mol. The first-order chi connectivity index (χ1) is 20.2. The van der Waals surface area contributed by atoms with Crippen LogP contribution in [0.15, 0.2) is 66.9 Å². The molecule has 2 amide bonds. The van der Waals surface area contributed by atoms with Crippen LogP contribution < -0.4 is 19.7 Å². The van der Waals surface area contributed by atoms with E-state index in [0.29, 0.717) is 28.7 Å². The van der Waals surface area contributed by atoms with Crippen molar-refractivity contribution in [2.45, 2.75) is 38.0 Å². The van der Waals surface area contributed by atoms with Crippen LogP contribution in [0, 0.1) is 5.82 Å². The SMILES string of the molecule is CC(C)(C)c1nn(-c2ccc(F)cc2)c2c1C(c1ccc3c(c1)OCO3)SCC(=O)N2CC(=O)NCc1ccccn1. The summed E-state index contributed by atoms with van der Waals surface area (Å²) in [7, 11) is 0. The van der Waals surface area contributed by atoms with E-state index in [1.807, 2.05) is 30.3 Å². The van der Waals surface area contributed by atoms with E-state index < -0.39 is 5.41 Å². The summed E-state index contributed by atoms with van der Waals surface area (Å²) in [6.07, 6.45) is 1.66. The fourth-order valence-electron chi connectivity index (χ4n) is 5.07. The number of ether oxygens (including phenoxy) is 2. The van der Waals surface area contributed by atoms with Gasteiger partial charge in [0.1, 0.15) is 18.2 Å². The molecule has 2 aromatic carbocycles. The minimum atomic E-state index is -0.426. The molecule has 0 aliphatic carbocycles. The highest BCUT2D eigenvalue weighted by molar-refractivity contribution is 8.00. The van der Waals surface area contributed by atoms with Gasteiger partial charge >= 0.3 is 0 Å². The molecule has 0 saturated carbocycles. The summed E-state index contributed by atoms with van der Waals surface area (Å²) in [5.41, 5.74) is 3.36. The Morgan fingerprint density at radius 3 is 2.62 bits per heavy atom. The van der Waals surface area contributed by atoms with Crippen LogP contribution in [-0.2, 0) is 21.5 Å². The number of aromatic nitrogens is 3. The number of rotatable bonds is 6. The lowest BCUT2D eigenvalue weighted by Gasteiger charge is -2.24. The van der Waals surface area contributed by atoms with Crippen LogP contribution in [0.25, 0.3) is 5.69 Å². The summed E-state index contributed by atoms with van der Waals surface area (Å²) in [6.45, 7) is 6.34. The maximum absolute atomic E-state index is 14.0. The van der Waals surface area contributed by atoms with E-state index in [0.717, 1.165) is 16.8 Å². The second-order valence-corrected chi connectivity index (χ2v) is 12.2. The van der Waals surface area contributed by atoms with Crippen molar-refractivity contribution < 1.29 is 23.5 Å². The first-order valence-electron chi connectivity index (χ1n) is 13.6. The number of nitrogens with zero attached hydrogens (tertiary/aromatic N) is 4. The molecule has 1 unspecified atom stereocenters. The molecule has 9 nitrogen and oxygen atoms in total. The van der Waals surface area contributed by atoms with Crippen molar-refractivity contribution in [3.05, 3.63) is 95.2 Å². The summed E-state index contributed by atoms with van der Waals surface area (Å²) in [5, 5.41) is 7.61. The Hall–Kier alpha value is -4.38. The van der Waals surface area contributed by atoms with Gasteiger partial charge < -0.3 is 14.8 Å². The van der Waals surface area contributed by atoms with Gasteiger partial charge in [0.15, 0.2) is 11.5 Å². The van der Waals surface area contributed by atoms with Crippen molar-refractivity contribution in [2.75, 3.05) is 24.0 Å². The van der Waals surface area contributed by atoms with Gasteiger partial charge in [0.2, 0.25) is 18.6 Å². The van der Waals surface area contributed by atoms with Crippen molar-refractivity contribution >= 4 is 29.4 Å². The van der Waals surface area contributed by atoms with E-state index in [1.165, 1.54) is 28.8 Å². The van der Waals surface area contributed by atoms with E-state index >= 15 is 0 Å². The quantitative estimate of drug-likeness (QED) is 0.342. The lowest BCUT2D eigenvalue weighted by Crippen LogP contribution is -2.42. The van der Waals surface area contributed by atoms with Crippen molar-refractivity contribution in [2.24, 2.45) is 0 Å². The van der Waals surface area contributed by atoms with Crippen molar-refractivity contribution in [1.29, 1.82) is 0 Å². The number of fused-ring (bicyclic) bond motifs is 2. The van der Waals surface area contributed by atoms with Gasteiger partial charge in [-0.25, -0.2) is 9.07 Å². The summed E-state index contributed by atoms with van der Waals surface area (Å²) in [5.74, 6) is 0.962. The Labute approximate surface area is 247 Å². The van der Waals surface area contributed by atoms with E-state index in [2.05, 4.69) is 31.1 Å². The standard InChI is InChI=1S/C31H30FN5O4S/c1-31(2,3)29-27-28(19-7-12-23-24(14-19)41-18-40-23)42-17-26(39)36(16-25(38)34-15-21-6-4-5-13-33-21)30(27)37(35-29)22-10-8-20(32)9-11-22/h4-14,28H,15-18H2,1-3H3,(H,34,38). The highest BCUT2D eigenvalue weighted by Gasteiger charge is 2.40. The number of carbonyl (C=O) groups is 2. The molecule has 216 valence electrons. The molecule has 11 heteroatoms. The molecule has 42 heavy (non-hydrogen) atoms. The van der Waals surface area contributed by atoms with E-state index in [4.69, 9.17) is 14.6 Å². The predicted molar refractivity (Wildman–Crippen MR) is 158 cm³/mol. The topological polar surface area (TPSA) is 98.6 Å². The molecule has 0 radical (unpaired) electrons. The maximum atomic E-state index is 14.0. The fraction of sp³-hybridized carbons (Fsp3) is 0.290. The van der Waals surface area contributed by atoms with Crippen molar-refractivity contribution in [1.82, 2.24) is 20.1 Å². The van der Waals surface area contributed by atoms with Crippen LogP contribution in [0.4, 0.5) is 10.2 Å². The molecule has 0 bridgehead atoms. The Balaban J connectivity index is 1.48. The zero-order valence-corrected chi connectivity index (χ0v) is 24.3. The number of halogens is 1. The number of hydrogen-bond donors (Lipinski definition) is 1. The lowest BCUT2D eigenvalue weighted by atomic mass is 9.87. The summed E-state index contributed by atoms with van der Waals surface area (Å²) in [6, 6.07) is 17.2. The van der Waals surface area contributed by atoms with E-state index in [9.17, 15) is 14.0 Å². The van der Waals surface area contributed by atoms with Crippen LogP contribution >= 0.6 is 11.8 Å². The van der Waals surface area contributed by atoms with Crippen molar-refractivity contribution in [3.8, 4) is 17.2 Å². The van der Waals surface area contributed by atoms with Crippen LogP contribution in [0.5, 0.6) is 11.5 Å². The molecule has 4 heterocycles. The Kier molecular flexibility index (Phi) is 7.36.